The molecule has 0 fully saturated rings. The Balaban J connectivity index is 1.74. The van der Waals surface area contributed by atoms with Gasteiger partial charge in [0.05, 0.1) is 17.2 Å². The summed E-state index contributed by atoms with van der Waals surface area (Å²) in [5.74, 6) is -0.188. The quantitative estimate of drug-likeness (QED) is 0.698. The van der Waals surface area contributed by atoms with Crippen molar-refractivity contribution < 1.29 is 9.59 Å². The van der Waals surface area contributed by atoms with Crippen LogP contribution in [0.3, 0.4) is 0 Å². The van der Waals surface area contributed by atoms with Crippen molar-refractivity contribution in [2.24, 2.45) is 0 Å². The first-order chi connectivity index (χ1) is 14.0. The minimum absolute atomic E-state index is 0.0462. The summed E-state index contributed by atoms with van der Waals surface area (Å²) in [4.78, 5) is 33.4. The summed E-state index contributed by atoms with van der Waals surface area (Å²) in [7, 11) is 0. The molecule has 0 bridgehead atoms. The Labute approximate surface area is 170 Å². The number of aromatic nitrogens is 2. The van der Waals surface area contributed by atoms with Crippen molar-refractivity contribution in [3.63, 3.8) is 0 Å². The van der Waals surface area contributed by atoms with Crippen LogP contribution in [0.15, 0.2) is 42.7 Å². The molecule has 2 aromatic heterocycles. The monoisotopic (exact) mass is 387 g/mol. The number of nitrogens with zero attached hydrogens (tertiary/aromatic N) is 1. The number of hydrogen-bond donors (Lipinski definition) is 2. The minimum atomic E-state index is -0.348. The first-order valence-electron chi connectivity index (χ1n) is 9.98. The van der Waals surface area contributed by atoms with Crippen molar-refractivity contribution in [2.45, 2.75) is 46.1 Å². The lowest BCUT2D eigenvalue weighted by atomic mass is 9.92. The third kappa shape index (κ3) is 3.60. The molecule has 5 nitrogen and oxygen atoms in total. The van der Waals surface area contributed by atoms with Crippen molar-refractivity contribution in [3.05, 3.63) is 87.5 Å². The number of rotatable bonds is 4. The zero-order chi connectivity index (χ0) is 20.5. The Morgan fingerprint density at radius 1 is 1.10 bits per heavy atom. The van der Waals surface area contributed by atoms with Gasteiger partial charge in [0.1, 0.15) is 0 Å². The fourth-order valence-corrected chi connectivity index (χ4v) is 4.07. The van der Waals surface area contributed by atoms with Crippen molar-refractivity contribution in [2.75, 3.05) is 0 Å². The number of benzene rings is 1. The van der Waals surface area contributed by atoms with E-state index in [0.29, 0.717) is 17.5 Å². The molecule has 3 aromatic rings. The molecule has 29 heavy (non-hydrogen) atoms. The van der Waals surface area contributed by atoms with Gasteiger partial charge in [-0.25, -0.2) is 0 Å². The first kappa shape index (κ1) is 19.1. The van der Waals surface area contributed by atoms with Crippen LogP contribution in [0.25, 0.3) is 0 Å². The minimum Gasteiger partial charge on any atom is -0.361 e. The second kappa shape index (κ2) is 7.66. The van der Waals surface area contributed by atoms with Gasteiger partial charge in [-0.2, -0.15) is 0 Å². The number of nitrogens with one attached hydrogen (secondary N) is 2. The third-order valence-electron chi connectivity index (χ3n) is 5.76. The van der Waals surface area contributed by atoms with Crippen LogP contribution >= 0.6 is 0 Å². The molecule has 5 heteroatoms. The maximum atomic E-state index is 13.3. The standard InChI is InChI=1S/C24H25N3O2/c1-14-9-10-17(12-15(14)2)23(18-6-5-11-25-13-18)27-24(29)21-16(3)26-19-7-4-8-20(28)22(19)21/h5-6,9-13,23,26H,4,7-8H2,1-3H3,(H,27,29). The highest BCUT2D eigenvalue weighted by Crippen LogP contribution is 2.29. The fraction of sp³-hybridized carbons (Fsp3) is 0.292. The van der Waals surface area contributed by atoms with E-state index < -0.39 is 0 Å². The van der Waals surface area contributed by atoms with E-state index in [9.17, 15) is 9.59 Å². The highest BCUT2D eigenvalue weighted by molar-refractivity contribution is 6.10. The number of aryl methyl sites for hydroxylation is 4. The van der Waals surface area contributed by atoms with Crippen molar-refractivity contribution >= 4 is 11.7 Å². The largest absolute Gasteiger partial charge is 0.361 e. The van der Waals surface area contributed by atoms with E-state index in [4.69, 9.17) is 0 Å². The van der Waals surface area contributed by atoms with E-state index in [1.807, 2.05) is 25.1 Å². The number of aromatic amines is 1. The molecule has 4 rings (SSSR count). The molecule has 1 amide bonds. The first-order valence-corrected chi connectivity index (χ1v) is 9.98. The van der Waals surface area contributed by atoms with Crippen molar-refractivity contribution in [3.8, 4) is 0 Å². The van der Waals surface area contributed by atoms with Crippen LogP contribution < -0.4 is 5.32 Å². The van der Waals surface area contributed by atoms with Gasteiger partial charge in [0.15, 0.2) is 5.78 Å². The van der Waals surface area contributed by atoms with Gasteiger partial charge < -0.3 is 10.3 Å². The average molecular weight is 387 g/mol. The van der Waals surface area contributed by atoms with E-state index in [0.717, 1.165) is 40.9 Å². The van der Waals surface area contributed by atoms with Gasteiger partial charge in [-0.3, -0.25) is 14.6 Å². The van der Waals surface area contributed by atoms with E-state index in [2.05, 4.69) is 41.3 Å². The predicted octanol–water partition coefficient (Wildman–Crippen LogP) is 4.37. The fourth-order valence-electron chi connectivity index (χ4n) is 4.07. The number of carbonyl (C=O) groups excluding carboxylic acids is 2. The number of Topliss-reactive ketones (excluding diaryl/α,β-unsaturated/α-hetero) is 1. The molecule has 0 radical (unpaired) electrons. The SMILES string of the molecule is Cc1ccc(C(NC(=O)c2c(C)[nH]c3c2C(=O)CCC3)c2cccnc2)cc1C. The molecule has 148 valence electrons. The molecule has 1 aliphatic rings. The highest BCUT2D eigenvalue weighted by Gasteiger charge is 2.29. The Morgan fingerprint density at radius 3 is 2.66 bits per heavy atom. The lowest BCUT2D eigenvalue weighted by molar-refractivity contribution is 0.0920. The molecule has 1 atom stereocenters. The summed E-state index contributed by atoms with van der Waals surface area (Å²) in [6, 6.07) is 9.66. The van der Waals surface area contributed by atoms with Crippen LogP contribution in [0.4, 0.5) is 0 Å². The van der Waals surface area contributed by atoms with Crippen LogP contribution in [-0.2, 0) is 6.42 Å². The van der Waals surface area contributed by atoms with Gasteiger partial charge in [-0.05, 0) is 61.9 Å². The van der Waals surface area contributed by atoms with E-state index in [1.54, 1.807) is 12.4 Å². The molecule has 1 aliphatic carbocycles. The molecule has 0 aliphatic heterocycles. The Bertz CT molecular complexity index is 1080. The maximum absolute atomic E-state index is 13.3. The highest BCUT2D eigenvalue weighted by atomic mass is 16.2. The summed E-state index contributed by atoms with van der Waals surface area (Å²) < 4.78 is 0. The molecule has 2 heterocycles. The summed E-state index contributed by atoms with van der Waals surface area (Å²) in [6.45, 7) is 5.99. The van der Waals surface area contributed by atoms with Crippen molar-refractivity contribution in [1.82, 2.24) is 15.3 Å². The van der Waals surface area contributed by atoms with Crippen LogP contribution in [0.1, 0.15) is 73.2 Å². The van der Waals surface area contributed by atoms with Crippen LogP contribution in [-0.4, -0.2) is 21.7 Å². The molecule has 0 spiro atoms. The zero-order valence-corrected chi connectivity index (χ0v) is 17.0. The summed E-state index contributed by atoms with van der Waals surface area (Å²) in [5.41, 5.74) is 6.92. The van der Waals surface area contributed by atoms with E-state index in [-0.39, 0.29) is 17.7 Å². The Hall–Kier alpha value is -3.21. The molecular formula is C24H25N3O2. The third-order valence-corrected chi connectivity index (χ3v) is 5.76. The van der Waals surface area contributed by atoms with Crippen LogP contribution in [0, 0.1) is 20.8 Å². The molecule has 0 saturated carbocycles. The van der Waals surface area contributed by atoms with Crippen molar-refractivity contribution in [1.29, 1.82) is 0 Å². The average Bonchev–Trinajstić information content (AvgIpc) is 3.06. The predicted molar refractivity (Wildman–Crippen MR) is 112 cm³/mol. The molecule has 1 aromatic carbocycles. The molecule has 1 unspecified atom stereocenters. The summed E-state index contributed by atoms with van der Waals surface area (Å²) in [5, 5.41) is 3.16. The second-order valence-corrected chi connectivity index (χ2v) is 7.79. The number of pyridine rings is 1. The van der Waals surface area contributed by atoms with E-state index >= 15 is 0 Å². The Kier molecular flexibility index (Phi) is 5.05. The number of ketones is 1. The Morgan fingerprint density at radius 2 is 1.93 bits per heavy atom. The van der Waals surface area contributed by atoms with Gasteiger partial charge in [0.25, 0.3) is 5.91 Å². The lowest BCUT2D eigenvalue weighted by Crippen LogP contribution is -2.31. The summed E-state index contributed by atoms with van der Waals surface area (Å²) in [6.07, 6.45) is 5.61. The van der Waals surface area contributed by atoms with Gasteiger partial charge in [-0.1, -0.05) is 24.3 Å². The molecule has 0 saturated heterocycles. The number of amides is 1. The maximum Gasteiger partial charge on any atom is 0.254 e. The number of hydrogen-bond acceptors (Lipinski definition) is 3. The van der Waals surface area contributed by atoms with Gasteiger partial charge in [0, 0.05) is 30.2 Å². The molecule has 2 N–H and O–H groups in total. The summed E-state index contributed by atoms with van der Waals surface area (Å²) >= 11 is 0. The topological polar surface area (TPSA) is 74.8 Å². The zero-order valence-electron chi connectivity index (χ0n) is 17.0. The number of fused-ring (bicyclic) bond motifs is 1. The van der Waals surface area contributed by atoms with Crippen LogP contribution in [0.2, 0.25) is 0 Å². The number of carbonyl (C=O) groups is 2. The second-order valence-electron chi connectivity index (χ2n) is 7.79. The van der Waals surface area contributed by atoms with Crippen LogP contribution in [0.5, 0.6) is 0 Å². The number of H-pyrrole nitrogens is 1. The smallest absolute Gasteiger partial charge is 0.254 e. The normalized spacial score (nSPS) is 14.4. The van der Waals surface area contributed by atoms with Gasteiger partial charge in [-0.15, -0.1) is 0 Å². The van der Waals surface area contributed by atoms with E-state index in [1.165, 1.54) is 5.56 Å². The lowest BCUT2D eigenvalue weighted by Gasteiger charge is -2.21. The van der Waals surface area contributed by atoms with Gasteiger partial charge in [0.2, 0.25) is 0 Å². The van der Waals surface area contributed by atoms with Gasteiger partial charge >= 0.3 is 0 Å². The molecular weight excluding hydrogens is 362 g/mol.